The van der Waals surface area contributed by atoms with Gasteiger partial charge in [-0.05, 0) is 25.2 Å². The molecule has 3 atom stereocenters. The molecule has 16 heavy (non-hydrogen) atoms. The zero-order chi connectivity index (χ0) is 10.5. The Balaban J connectivity index is 0.000000963. The third-order valence-corrected chi connectivity index (χ3v) is 4.55. The second-order valence-electron chi connectivity index (χ2n) is 5.12. The quantitative estimate of drug-likeness (QED) is 0.265. The molecule has 0 aromatic rings. The summed E-state index contributed by atoms with van der Waals surface area (Å²) in [6.45, 7) is 6.04. The molecule has 1 spiro atoms. The van der Waals surface area contributed by atoms with Gasteiger partial charge in [-0.25, -0.2) is 5.57 Å². The molecule has 1 aliphatic heterocycles. The van der Waals surface area contributed by atoms with E-state index in [1.165, 1.54) is 12.8 Å². The summed E-state index contributed by atoms with van der Waals surface area (Å²) in [6, 6.07) is 0. The zero-order valence-electron chi connectivity index (χ0n) is 9.17. The molecule has 1 heterocycles. The number of aldehydes is 1. The SMILES string of the molecule is [Au+].[CH-]=C1CC[C@H]2CCCC[C@@]23C(=O)[O+]=C[C@@H]13. The van der Waals surface area contributed by atoms with Crippen LogP contribution in [0.1, 0.15) is 38.5 Å². The van der Waals surface area contributed by atoms with Gasteiger partial charge >= 0.3 is 28.3 Å². The molecule has 0 amide bonds. The first-order valence-electron chi connectivity index (χ1n) is 5.91. The minimum absolute atomic E-state index is 0. The van der Waals surface area contributed by atoms with Crippen molar-refractivity contribution >= 4 is 12.3 Å². The van der Waals surface area contributed by atoms with Crippen LogP contribution in [0, 0.1) is 23.8 Å². The Hall–Kier alpha value is -0.180. The van der Waals surface area contributed by atoms with Gasteiger partial charge in [0, 0.05) is 4.79 Å². The van der Waals surface area contributed by atoms with Crippen LogP contribution in [0.3, 0.4) is 0 Å². The molecule has 0 N–H and O–H groups in total. The zero-order valence-corrected chi connectivity index (χ0v) is 11.3. The Bertz CT molecular complexity index is 361. The summed E-state index contributed by atoms with van der Waals surface area (Å²) in [4.78, 5) is 12.0. The van der Waals surface area contributed by atoms with Crippen LogP contribution >= 0.6 is 0 Å². The van der Waals surface area contributed by atoms with E-state index in [0.717, 1.165) is 31.3 Å². The smallest absolute Gasteiger partial charge is 0.514 e. The first-order chi connectivity index (χ1) is 7.25. The summed E-state index contributed by atoms with van der Waals surface area (Å²) in [7, 11) is 0. The van der Waals surface area contributed by atoms with E-state index in [2.05, 4.69) is 0 Å². The van der Waals surface area contributed by atoms with Gasteiger partial charge in [0.1, 0.15) is 5.41 Å². The van der Waals surface area contributed by atoms with E-state index < -0.39 is 0 Å². The number of hydrogen-bond acceptors (Lipinski definition) is 1. The molecule has 2 fully saturated rings. The Morgan fingerprint density at radius 1 is 1.38 bits per heavy atom. The molecule has 0 saturated heterocycles. The van der Waals surface area contributed by atoms with Crippen LogP contribution in [0.15, 0.2) is 5.57 Å². The second-order valence-corrected chi connectivity index (χ2v) is 5.12. The van der Waals surface area contributed by atoms with Crippen molar-refractivity contribution in [1.82, 2.24) is 0 Å². The standard InChI is InChI=1S/C13H16O2.Au/c1-9-5-6-10-4-2-3-7-13(10)11(9)8-15-12(13)14;/h1,8,10-11H,2-7H2;/q;+1/t10-,11+,13-;/m1./s1. The van der Waals surface area contributed by atoms with E-state index in [0.29, 0.717) is 5.92 Å². The number of carbonyl (C=O) groups excluding carboxylic acids is 2. The average Bonchev–Trinajstić information content (AvgIpc) is 2.58. The fourth-order valence-electron chi connectivity index (χ4n) is 3.75. The van der Waals surface area contributed by atoms with Crippen molar-refractivity contribution in [2.24, 2.45) is 17.3 Å². The van der Waals surface area contributed by atoms with Crippen molar-refractivity contribution in [2.45, 2.75) is 38.5 Å². The molecular formula is C13H16AuO2+. The van der Waals surface area contributed by atoms with Gasteiger partial charge in [-0.3, -0.25) is 4.42 Å². The van der Waals surface area contributed by atoms with Crippen molar-refractivity contribution in [3.8, 4) is 0 Å². The normalized spacial score (nSPS) is 41.2. The van der Waals surface area contributed by atoms with Crippen molar-refractivity contribution in [3.63, 3.8) is 0 Å². The van der Waals surface area contributed by atoms with Gasteiger partial charge in [-0.2, -0.15) is 0 Å². The Morgan fingerprint density at radius 2 is 2.19 bits per heavy atom. The van der Waals surface area contributed by atoms with Crippen molar-refractivity contribution in [2.75, 3.05) is 0 Å². The van der Waals surface area contributed by atoms with Gasteiger partial charge in [0.05, 0.1) is 5.92 Å². The number of carbonyl (C=O) groups is 1. The van der Waals surface area contributed by atoms with Crippen LogP contribution < -0.4 is 0 Å². The molecule has 3 rings (SSSR count). The van der Waals surface area contributed by atoms with Crippen molar-refractivity contribution < 1.29 is 31.6 Å². The van der Waals surface area contributed by atoms with Crippen LogP contribution in [0.5, 0.6) is 0 Å². The summed E-state index contributed by atoms with van der Waals surface area (Å²) in [5.74, 6) is 0.596. The topological polar surface area (TPSA) is 28.4 Å². The summed E-state index contributed by atoms with van der Waals surface area (Å²) in [5, 5.41) is 0. The van der Waals surface area contributed by atoms with E-state index in [1.54, 1.807) is 6.29 Å². The van der Waals surface area contributed by atoms with E-state index in [4.69, 9.17) is 11.0 Å². The van der Waals surface area contributed by atoms with E-state index in [9.17, 15) is 4.79 Å². The summed E-state index contributed by atoms with van der Waals surface area (Å²) >= 11 is 0. The Morgan fingerprint density at radius 3 is 3.00 bits per heavy atom. The van der Waals surface area contributed by atoms with Crippen LogP contribution in [-0.4, -0.2) is 12.3 Å². The van der Waals surface area contributed by atoms with Crippen molar-refractivity contribution in [3.05, 3.63) is 12.2 Å². The van der Waals surface area contributed by atoms with E-state index in [1.807, 2.05) is 0 Å². The van der Waals surface area contributed by atoms with E-state index >= 15 is 0 Å². The molecule has 90 valence electrons. The fourth-order valence-corrected chi connectivity index (χ4v) is 3.75. The Labute approximate surface area is 112 Å². The van der Waals surface area contributed by atoms with Crippen LogP contribution in [-0.2, 0) is 31.6 Å². The van der Waals surface area contributed by atoms with Gasteiger partial charge in [-0.15, -0.1) is 0 Å². The maximum atomic E-state index is 12.0. The summed E-state index contributed by atoms with van der Waals surface area (Å²) in [5.41, 5.74) is 0.694. The molecule has 2 saturated carbocycles. The third-order valence-electron chi connectivity index (χ3n) is 4.55. The molecule has 3 heteroatoms. The third kappa shape index (κ3) is 1.43. The molecule has 2 nitrogen and oxygen atoms in total. The van der Waals surface area contributed by atoms with Crippen LogP contribution in [0.4, 0.5) is 0 Å². The first kappa shape index (κ1) is 12.3. The molecule has 0 radical (unpaired) electrons. The molecule has 0 aromatic carbocycles. The largest absolute Gasteiger partial charge is 1.00 e. The predicted molar refractivity (Wildman–Crippen MR) is 56.0 cm³/mol. The maximum absolute atomic E-state index is 12.0. The van der Waals surface area contributed by atoms with Crippen LogP contribution in [0.25, 0.3) is 0 Å². The minimum Gasteiger partial charge on any atom is -0.514 e. The number of hydrogen-bond donors (Lipinski definition) is 0. The predicted octanol–water partition coefficient (Wildman–Crippen LogP) is 2.20. The second kappa shape index (κ2) is 4.25. The molecule has 0 aromatic heterocycles. The molecule has 0 unspecified atom stereocenters. The monoisotopic (exact) mass is 401 g/mol. The number of rotatable bonds is 0. The van der Waals surface area contributed by atoms with Gasteiger partial charge in [0.15, 0.2) is 6.29 Å². The van der Waals surface area contributed by atoms with Gasteiger partial charge in [0.25, 0.3) is 0 Å². The van der Waals surface area contributed by atoms with Crippen LogP contribution in [0.2, 0.25) is 0 Å². The fraction of sp³-hybridized carbons (Fsp3) is 0.692. The van der Waals surface area contributed by atoms with Gasteiger partial charge in [0.2, 0.25) is 0 Å². The van der Waals surface area contributed by atoms with Gasteiger partial charge < -0.3 is 6.58 Å². The van der Waals surface area contributed by atoms with Gasteiger partial charge in [-0.1, -0.05) is 19.3 Å². The summed E-state index contributed by atoms with van der Waals surface area (Å²) in [6.07, 6.45) is 8.27. The van der Waals surface area contributed by atoms with E-state index in [-0.39, 0.29) is 39.7 Å². The number of allylic oxidation sites excluding steroid dienone is 1. The molecule has 2 aliphatic carbocycles. The first-order valence-corrected chi connectivity index (χ1v) is 5.91. The molecule has 0 bridgehead atoms. The maximum Gasteiger partial charge on any atom is 1.00 e. The Kier molecular flexibility index (Phi) is 3.26. The average molecular weight is 401 g/mol. The minimum atomic E-state index is -0.263. The van der Waals surface area contributed by atoms with Crippen molar-refractivity contribution in [1.29, 1.82) is 0 Å². The summed E-state index contributed by atoms with van der Waals surface area (Å²) < 4.78 is 5.17. The molecular weight excluding hydrogens is 385 g/mol. The molecule has 3 aliphatic rings.